The molecule has 1 aromatic heterocycles. The monoisotopic (exact) mass is 353 g/mol. The zero-order chi connectivity index (χ0) is 18.5. The number of aromatic nitrogens is 2. The fourth-order valence-electron chi connectivity index (χ4n) is 2.54. The van der Waals surface area contributed by atoms with Crippen molar-refractivity contribution in [2.45, 2.75) is 20.4 Å². The highest BCUT2D eigenvalue weighted by molar-refractivity contribution is 5.94. The van der Waals surface area contributed by atoms with Gasteiger partial charge in [-0.15, -0.1) is 0 Å². The molecule has 2 aromatic carbocycles. The van der Waals surface area contributed by atoms with Crippen LogP contribution in [0.5, 0.6) is 11.5 Å². The standard InChI is InChI=1S/C20H23N3O3/c1-13(2)12-26-17-9-8-14(10-18(17)25-3)20(24)21-11-19-22-15-6-4-5-7-16(15)23-19/h4-10,13H,11-12H2,1-3H3,(H,21,24)(H,22,23). The highest BCUT2D eigenvalue weighted by Crippen LogP contribution is 2.28. The van der Waals surface area contributed by atoms with E-state index in [4.69, 9.17) is 9.47 Å². The van der Waals surface area contributed by atoms with Gasteiger partial charge in [-0.25, -0.2) is 4.98 Å². The summed E-state index contributed by atoms with van der Waals surface area (Å²) in [6, 6.07) is 12.9. The summed E-state index contributed by atoms with van der Waals surface area (Å²) in [5.74, 6) is 2.10. The molecule has 3 aromatic rings. The van der Waals surface area contributed by atoms with Gasteiger partial charge >= 0.3 is 0 Å². The Labute approximate surface area is 152 Å². The van der Waals surface area contributed by atoms with E-state index in [2.05, 4.69) is 29.1 Å². The zero-order valence-corrected chi connectivity index (χ0v) is 15.2. The van der Waals surface area contributed by atoms with Gasteiger partial charge < -0.3 is 19.8 Å². The number of amides is 1. The molecule has 136 valence electrons. The number of carbonyl (C=O) groups is 1. The highest BCUT2D eigenvalue weighted by atomic mass is 16.5. The third kappa shape index (κ3) is 4.14. The van der Waals surface area contributed by atoms with Crippen molar-refractivity contribution in [1.82, 2.24) is 15.3 Å². The SMILES string of the molecule is COc1cc(C(=O)NCc2nc3ccccc3[nH]2)ccc1OCC(C)C. The Morgan fingerprint density at radius 3 is 2.73 bits per heavy atom. The van der Waals surface area contributed by atoms with Crippen LogP contribution in [0.25, 0.3) is 11.0 Å². The molecular formula is C20H23N3O3. The fourth-order valence-corrected chi connectivity index (χ4v) is 2.54. The molecule has 0 radical (unpaired) electrons. The Morgan fingerprint density at radius 1 is 1.19 bits per heavy atom. The maximum atomic E-state index is 12.4. The summed E-state index contributed by atoms with van der Waals surface area (Å²) in [7, 11) is 1.56. The zero-order valence-electron chi connectivity index (χ0n) is 15.2. The van der Waals surface area contributed by atoms with E-state index >= 15 is 0 Å². The summed E-state index contributed by atoms with van der Waals surface area (Å²) in [5.41, 5.74) is 2.34. The lowest BCUT2D eigenvalue weighted by Crippen LogP contribution is -2.23. The first-order valence-electron chi connectivity index (χ1n) is 8.59. The lowest BCUT2D eigenvalue weighted by molar-refractivity contribution is 0.0949. The number of nitrogens with zero attached hydrogens (tertiary/aromatic N) is 1. The first-order chi connectivity index (χ1) is 12.6. The van der Waals surface area contributed by atoms with Crippen molar-refractivity contribution in [3.8, 4) is 11.5 Å². The molecule has 3 rings (SSSR count). The molecule has 0 spiro atoms. The lowest BCUT2D eigenvalue weighted by atomic mass is 10.2. The van der Waals surface area contributed by atoms with E-state index in [0.717, 1.165) is 11.0 Å². The third-order valence-electron chi connectivity index (χ3n) is 3.85. The fraction of sp³-hybridized carbons (Fsp3) is 0.300. The van der Waals surface area contributed by atoms with Crippen molar-refractivity contribution in [3.63, 3.8) is 0 Å². The molecule has 0 aliphatic carbocycles. The van der Waals surface area contributed by atoms with Gasteiger partial charge in [-0.05, 0) is 36.2 Å². The quantitative estimate of drug-likeness (QED) is 0.681. The minimum absolute atomic E-state index is 0.195. The molecule has 6 heteroatoms. The van der Waals surface area contributed by atoms with Gasteiger partial charge in [-0.1, -0.05) is 26.0 Å². The molecule has 1 amide bonds. The van der Waals surface area contributed by atoms with Gasteiger partial charge in [0, 0.05) is 5.56 Å². The molecule has 0 atom stereocenters. The number of nitrogens with one attached hydrogen (secondary N) is 2. The maximum Gasteiger partial charge on any atom is 0.251 e. The van der Waals surface area contributed by atoms with Crippen LogP contribution >= 0.6 is 0 Å². The normalized spacial score (nSPS) is 10.9. The number of rotatable bonds is 7. The molecule has 0 aliphatic rings. The number of methoxy groups -OCH3 is 1. The number of carbonyl (C=O) groups excluding carboxylic acids is 1. The summed E-state index contributed by atoms with van der Waals surface area (Å²) in [4.78, 5) is 20.1. The van der Waals surface area contributed by atoms with E-state index < -0.39 is 0 Å². The molecule has 0 fully saturated rings. The smallest absolute Gasteiger partial charge is 0.251 e. The van der Waals surface area contributed by atoms with Crippen molar-refractivity contribution >= 4 is 16.9 Å². The molecule has 0 bridgehead atoms. The largest absolute Gasteiger partial charge is 0.493 e. The van der Waals surface area contributed by atoms with Crippen LogP contribution in [0, 0.1) is 5.92 Å². The number of ether oxygens (including phenoxy) is 2. The molecule has 1 heterocycles. The number of para-hydroxylation sites is 2. The molecule has 0 aliphatic heterocycles. The molecule has 0 saturated carbocycles. The van der Waals surface area contributed by atoms with Crippen molar-refractivity contribution in [2.24, 2.45) is 5.92 Å². The third-order valence-corrected chi connectivity index (χ3v) is 3.85. The highest BCUT2D eigenvalue weighted by Gasteiger charge is 2.12. The van der Waals surface area contributed by atoms with Crippen molar-refractivity contribution in [3.05, 3.63) is 53.9 Å². The predicted molar refractivity (Wildman–Crippen MR) is 101 cm³/mol. The Kier molecular flexibility index (Phi) is 5.41. The number of fused-ring (bicyclic) bond motifs is 1. The van der Waals surface area contributed by atoms with Crippen LogP contribution in [0.4, 0.5) is 0 Å². The van der Waals surface area contributed by atoms with E-state index in [1.54, 1.807) is 25.3 Å². The van der Waals surface area contributed by atoms with Crippen LogP contribution in [0.3, 0.4) is 0 Å². The minimum atomic E-state index is -0.195. The van der Waals surface area contributed by atoms with E-state index in [1.807, 2.05) is 24.3 Å². The molecule has 2 N–H and O–H groups in total. The van der Waals surface area contributed by atoms with Gasteiger partial charge in [-0.2, -0.15) is 0 Å². The summed E-state index contributed by atoms with van der Waals surface area (Å²) >= 11 is 0. The van der Waals surface area contributed by atoms with Crippen molar-refractivity contribution < 1.29 is 14.3 Å². The van der Waals surface area contributed by atoms with Gasteiger partial charge in [0.1, 0.15) is 5.82 Å². The number of imidazole rings is 1. The van der Waals surface area contributed by atoms with Crippen LogP contribution in [-0.4, -0.2) is 29.6 Å². The number of hydrogen-bond acceptors (Lipinski definition) is 4. The van der Waals surface area contributed by atoms with Crippen LogP contribution in [-0.2, 0) is 6.54 Å². The first-order valence-corrected chi connectivity index (χ1v) is 8.59. The first kappa shape index (κ1) is 17.8. The second kappa shape index (κ2) is 7.91. The molecule has 26 heavy (non-hydrogen) atoms. The molecule has 0 saturated heterocycles. The minimum Gasteiger partial charge on any atom is -0.493 e. The molecular weight excluding hydrogens is 330 g/mol. The Hall–Kier alpha value is -3.02. The van der Waals surface area contributed by atoms with Crippen LogP contribution < -0.4 is 14.8 Å². The van der Waals surface area contributed by atoms with Gasteiger partial charge in [0.2, 0.25) is 0 Å². The van der Waals surface area contributed by atoms with Crippen molar-refractivity contribution in [2.75, 3.05) is 13.7 Å². The van der Waals surface area contributed by atoms with E-state index in [9.17, 15) is 4.79 Å². The van der Waals surface area contributed by atoms with E-state index in [1.165, 1.54) is 0 Å². The van der Waals surface area contributed by atoms with Crippen LogP contribution in [0.15, 0.2) is 42.5 Å². The average molecular weight is 353 g/mol. The van der Waals surface area contributed by atoms with E-state index in [-0.39, 0.29) is 5.91 Å². The second-order valence-corrected chi connectivity index (χ2v) is 6.45. The Bertz CT molecular complexity index is 869. The topological polar surface area (TPSA) is 76.2 Å². The van der Waals surface area contributed by atoms with Gasteiger partial charge in [0.25, 0.3) is 5.91 Å². The number of H-pyrrole nitrogens is 1. The van der Waals surface area contributed by atoms with Gasteiger partial charge in [0.05, 0.1) is 31.3 Å². The molecule has 6 nitrogen and oxygen atoms in total. The number of aromatic amines is 1. The Balaban J connectivity index is 1.67. The number of hydrogen-bond donors (Lipinski definition) is 2. The van der Waals surface area contributed by atoms with Crippen LogP contribution in [0.2, 0.25) is 0 Å². The molecule has 0 unspecified atom stereocenters. The second-order valence-electron chi connectivity index (χ2n) is 6.45. The van der Waals surface area contributed by atoms with Crippen molar-refractivity contribution in [1.29, 1.82) is 0 Å². The summed E-state index contributed by atoms with van der Waals surface area (Å²) in [6.07, 6.45) is 0. The lowest BCUT2D eigenvalue weighted by Gasteiger charge is -2.13. The summed E-state index contributed by atoms with van der Waals surface area (Å²) in [5, 5.41) is 2.87. The Morgan fingerprint density at radius 2 is 2.00 bits per heavy atom. The predicted octanol–water partition coefficient (Wildman–Crippen LogP) is 3.54. The number of benzene rings is 2. The maximum absolute atomic E-state index is 12.4. The van der Waals surface area contributed by atoms with Gasteiger partial charge in [-0.3, -0.25) is 4.79 Å². The van der Waals surface area contributed by atoms with Gasteiger partial charge in [0.15, 0.2) is 11.5 Å². The average Bonchev–Trinajstić information content (AvgIpc) is 3.07. The van der Waals surface area contributed by atoms with E-state index in [0.29, 0.717) is 42.0 Å². The summed E-state index contributed by atoms with van der Waals surface area (Å²) < 4.78 is 11.1. The summed E-state index contributed by atoms with van der Waals surface area (Å²) in [6.45, 7) is 5.06. The van der Waals surface area contributed by atoms with Crippen LogP contribution in [0.1, 0.15) is 30.0 Å².